The molecule has 2 aromatic rings. The van der Waals surface area contributed by atoms with Gasteiger partial charge in [0.15, 0.2) is 0 Å². The minimum Gasteiger partial charge on any atom is -0.376 e. The van der Waals surface area contributed by atoms with Crippen LogP contribution in [0.1, 0.15) is 36.0 Å². The van der Waals surface area contributed by atoms with Crippen molar-refractivity contribution in [3.05, 3.63) is 53.1 Å². The average Bonchev–Trinajstić information content (AvgIpc) is 2.71. The van der Waals surface area contributed by atoms with Crippen LogP contribution in [-0.4, -0.2) is 38.3 Å². The van der Waals surface area contributed by atoms with Crippen LogP contribution in [0.3, 0.4) is 0 Å². The van der Waals surface area contributed by atoms with Crippen molar-refractivity contribution in [3.8, 4) is 0 Å². The van der Waals surface area contributed by atoms with E-state index in [0.717, 1.165) is 41.6 Å². The van der Waals surface area contributed by atoms with Crippen LogP contribution >= 0.6 is 0 Å². The van der Waals surface area contributed by atoms with Crippen LogP contribution in [0.4, 0.5) is 11.4 Å². The van der Waals surface area contributed by atoms with Crippen molar-refractivity contribution >= 4 is 27.3 Å². The molecule has 1 saturated heterocycles. The molecule has 1 heterocycles. The number of hydrogen-bond acceptors (Lipinski definition) is 4. The molecule has 0 unspecified atom stereocenters. The number of aryl methyl sites for hydroxylation is 2. The molecule has 29 heavy (non-hydrogen) atoms. The fourth-order valence-corrected chi connectivity index (χ4v) is 5.01. The lowest BCUT2D eigenvalue weighted by Crippen LogP contribution is -2.35. The summed E-state index contributed by atoms with van der Waals surface area (Å²) in [5.74, 6) is -0.221. The Morgan fingerprint density at radius 2 is 1.69 bits per heavy atom. The molecule has 2 N–H and O–H groups in total. The van der Waals surface area contributed by atoms with Crippen LogP contribution in [-0.2, 0) is 14.8 Å². The van der Waals surface area contributed by atoms with E-state index in [4.69, 9.17) is 0 Å². The molecule has 1 aliphatic rings. The zero-order valence-electron chi connectivity index (χ0n) is 17.3. The predicted molar refractivity (Wildman–Crippen MR) is 117 cm³/mol. The number of carbonyl (C=O) groups excluding carboxylic acids is 1. The molecule has 7 heteroatoms. The number of carbonyl (C=O) groups is 1. The van der Waals surface area contributed by atoms with E-state index in [1.165, 1.54) is 4.31 Å². The van der Waals surface area contributed by atoms with E-state index in [1.54, 1.807) is 18.2 Å². The number of hydrogen-bond donors (Lipinski definition) is 2. The highest BCUT2D eigenvalue weighted by Gasteiger charge is 2.26. The molecule has 156 valence electrons. The van der Waals surface area contributed by atoms with E-state index in [2.05, 4.69) is 10.6 Å². The third kappa shape index (κ3) is 4.97. The smallest absolute Gasteiger partial charge is 0.243 e. The van der Waals surface area contributed by atoms with Crippen molar-refractivity contribution in [1.82, 2.24) is 4.31 Å². The first-order chi connectivity index (χ1) is 13.8. The minimum atomic E-state index is -3.54. The number of nitrogens with zero attached hydrogens (tertiary/aromatic N) is 1. The van der Waals surface area contributed by atoms with Gasteiger partial charge in [-0.05, 0) is 68.5 Å². The molecule has 1 fully saturated rings. The highest BCUT2D eigenvalue weighted by Crippen LogP contribution is 2.25. The van der Waals surface area contributed by atoms with Crippen LogP contribution in [0, 0.1) is 20.8 Å². The van der Waals surface area contributed by atoms with Crippen LogP contribution in [0.5, 0.6) is 0 Å². The van der Waals surface area contributed by atoms with E-state index in [-0.39, 0.29) is 17.3 Å². The molecule has 0 atom stereocenters. The van der Waals surface area contributed by atoms with E-state index in [1.807, 2.05) is 39.0 Å². The summed E-state index contributed by atoms with van der Waals surface area (Å²) in [6.45, 7) is 7.10. The maximum absolute atomic E-state index is 12.9. The van der Waals surface area contributed by atoms with Gasteiger partial charge in [0.1, 0.15) is 0 Å². The second-order valence-corrected chi connectivity index (χ2v) is 9.53. The number of anilines is 2. The summed E-state index contributed by atoms with van der Waals surface area (Å²) >= 11 is 0. The lowest BCUT2D eigenvalue weighted by molar-refractivity contribution is -0.114. The molecule has 3 rings (SSSR count). The maximum atomic E-state index is 12.9. The van der Waals surface area contributed by atoms with Gasteiger partial charge in [0, 0.05) is 24.5 Å². The van der Waals surface area contributed by atoms with Crippen LogP contribution < -0.4 is 10.6 Å². The van der Waals surface area contributed by atoms with Crippen molar-refractivity contribution in [2.24, 2.45) is 0 Å². The molecule has 0 aromatic heterocycles. The van der Waals surface area contributed by atoms with Gasteiger partial charge in [-0.2, -0.15) is 4.31 Å². The maximum Gasteiger partial charge on any atom is 0.243 e. The first-order valence-electron chi connectivity index (χ1n) is 10.00. The van der Waals surface area contributed by atoms with Crippen molar-refractivity contribution < 1.29 is 13.2 Å². The number of amides is 1. The topological polar surface area (TPSA) is 78.5 Å². The molecule has 0 bridgehead atoms. The Morgan fingerprint density at radius 3 is 2.41 bits per heavy atom. The highest BCUT2D eigenvalue weighted by molar-refractivity contribution is 7.89. The second kappa shape index (κ2) is 8.97. The van der Waals surface area contributed by atoms with Crippen molar-refractivity contribution in [2.75, 3.05) is 30.3 Å². The molecule has 1 aliphatic heterocycles. The molecular formula is C22H29N3O3S. The average molecular weight is 416 g/mol. The largest absolute Gasteiger partial charge is 0.376 e. The van der Waals surface area contributed by atoms with Crippen molar-refractivity contribution in [2.45, 2.75) is 44.9 Å². The number of nitrogens with one attached hydrogen (secondary N) is 2. The highest BCUT2D eigenvalue weighted by atomic mass is 32.2. The predicted octanol–water partition coefficient (Wildman–Crippen LogP) is 3.84. The van der Waals surface area contributed by atoms with Crippen molar-refractivity contribution in [3.63, 3.8) is 0 Å². The van der Waals surface area contributed by atoms with Gasteiger partial charge in [-0.25, -0.2) is 8.42 Å². The molecule has 2 aromatic carbocycles. The lowest BCUT2D eigenvalue weighted by Gasteiger charge is -2.26. The summed E-state index contributed by atoms with van der Waals surface area (Å²) in [5, 5.41) is 6.00. The van der Waals surface area contributed by atoms with Gasteiger partial charge in [0.25, 0.3) is 0 Å². The molecule has 1 amide bonds. The molecular weight excluding hydrogens is 386 g/mol. The Hall–Kier alpha value is -2.38. The third-order valence-corrected chi connectivity index (χ3v) is 7.37. The van der Waals surface area contributed by atoms with E-state index in [0.29, 0.717) is 18.8 Å². The minimum absolute atomic E-state index is 0.104. The molecule has 0 saturated carbocycles. The lowest BCUT2D eigenvalue weighted by atomic mass is 10.1. The van der Waals surface area contributed by atoms with Crippen molar-refractivity contribution in [1.29, 1.82) is 0 Å². The number of rotatable bonds is 6. The zero-order chi connectivity index (χ0) is 21.0. The number of benzene rings is 2. The van der Waals surface area contributed by atoms with Gasteiger partial charge in [0.05, 0.1) is 11.4 Å². The van der Waals surface area contributed by atoms with Crippen LogP contribution in [0.25, 0.3) is 0 Å². The van der Waals surface area contributed by atoms with Gasteiger partial charge < -0.3 is 10.6 Å². The third-order valence-electron chi connectivity index (χ3n) is 5.48. The van der Waals surface area contributed by atoms with E-state index >= 15 is 0 Å². The molecule has 0 aliphatic carbocycles. The second-order valence-electron chi connectivity index (χ2n) is 7.59. The summed E-state index contributed by atoms with van der Waals surface area (Å²) in [4.78, 5) is 12.7. The standard InChI is InChI=1S/C22H29N3O3S/c1-16-8-7-9-20(18(16)3)23-15-22(26)24-21-14-19(11-10-17(21)2)29(27,28)25-12-5-4-6-13-25/h7-11,14,23H,4-6,12-13,15H2,1-3H3,(H,24,26). The number of sulfonamides is 1. The fourth-order valence-electron chi connectivity index (χ4n) is 3.46. The normalized spacial score (nSPS) is 15.1. The molecule has 0 radical (unpaired) electrons. The summed E-state index contributed by atoms with van der Waals surface area (Å²) in [6.07, 6.45) is 2.84. The Bertz CT molecular complexity index is 996. The summed E-state index contributed by atoms with van der Waals surface area (Å²) in [5.41, 5.74) is 4.52. The Kier molecular flexibility index (Phi) is 6.59. The Morgan fingerprint density at radius 1 is 0.966 bits per heavy atom. The van der Waals surface area contributed by atoms with Gasteiger partial charge in [0.2, 0.25) is 15.9 Å². The quantitative estimate of drug-likeness (QED) is 0.751. The van der Waals surface area contributed by atoms with E-state index in [9.17, 15) is 13.2 Å². The molecule has 6 nitrogen and oxygen atoms in total. The van der Waals surface area contributed by atoms with Crippen LogP contribution in [0.15, 0.2) is 41.3 Å². The summed E-state index contributed by atoms with van der Waals surface area (Å²) < 4.78 is 27.4. The number of piperidine rings is 1. The SMILES string of the molecule is Cc1ccc(S(=O)(=O)N2CCCCC2)cc1NC(=O)CNc1cccc(C)c1C. The van der Waals surface area contributed by atoms with Gasteiger partial charge in [-0.3, -0.25) is 4.79 Å². The first kappa shape index (κ1) is 21.3. The monoisotopic (exact) mass is 415 g/mol. The fraction of sp³-hybridized carbons (Fsp3) is 0.409. The summed E-state index contributed by atoms with van der Waals surface area (Å²) in [7, 11) is -3.54. The summed E-state index contributed by atoms with van der Waals surface area (Å²) in [6, 6.07) is 10.8. The van der Waals surface area contributed by atoms with Crippen LogP contribution in [0.2, 0.25) is 0 Å². The Balaban J connectivity index is 1.71. The molecule has 0 spiro atoms. The Labute approximate surface area is 173 Å². The first-order valence-corrected chi connectivity index (χ1v) is 11.4. The van der Waals surface area contributed by atoms with Gasteiger partial charge in [-0.1, -0.05) is 24.6 Å². The van der Waals surface area contributed by atoms with E-state index < -0.39 is 10.0 Å². The van der Waals surface area contributed by atoms with Gasteiger partial charge >= 0.3 is 0 Å². The van der Waals surface area contributed by atoms with Gasteiger partial charge in [-0.15, -0.1) is 0 Å². The zero-order valence-corrected chi connectivity index (χ0v) is 18.1.